The van der Waals surface area contributed by atoms with Gasteiger partial charge in [0.15, 0.2) is 0 Å². The van der Waals surface area contributed by atoms with Crippen LogP contribution >= 0.6 is 34.7 Å². The zero-order valence-corrected chi connectivity index (χ0v) is 17.9. The Kier molecular flexibility index (Phi) is 6.22. The molecule has 9 heteroatoms. The van der Waals surface area contributed by atoms with Crippen molar-refractivity contribution in [3.8, 4) is 0 Å². The number of nitrogens with one attached hydrogen (secondary N) is 1. The lowest BCUT2D eigenvalue weighted by atomic mass is 9.97. The highest BCUT2D eigenvalue weighted by Crippen LogP contribution is 2.39. The Labute approximate surface area is 180 Å². The molecule has 0 saturated carbocycles. The fourth-order valence-corrected chi connectivity index (χ4v) is 5.56. The number of carbonyl (C=O) groups is 1. The van der Waals surface area contributed by atoms with Crippen molar-refractivity contribution in [2.24, 2.45) is 0 Å². The number of anilines is 1. The number of rotatable bonds is 7. The van der Waals surface area contributed by atoms with Gasteiger partial charge in [-0.3, -0.25) is 0 Å². The Bertz CT molecular complexity index is 1070. The molecule has 29 heavy (non-hydrogen) atoms. The minimum absolute atomic E-state index is 0.101. The minimum atomic E-state index is -1.10. The van der Waals surface area contributed by atoms with Crippen molar-refractivity contribution in [3.63, 3.8) is 0 Å². The summed E-state index contributed by atoms with van der Waals surface area (Å²) in [6.07, 6.45) is 4.37. The second-order valence-corrected chi connectivity index (χ2v) is 9.31. The fourth-order valence-electron chi connectivity index (χ4n) is 3.46. The number of thiophene rings is 1. The van der Waals surface area contributed by atoms with Gasteiger partial charge in [-0.25, -0.2) is 14.4 Å². The number of halogens is 2. The van der Waals surface area contributed by atoms with E-state index in [0.29, 0.717) is 23.1 Å². The van der Waals surface area contributed by atoms with Gasteiger partial charge in [-0.05, 0) is 48.9 Å². The van der Waals surface area contributed by atoms with Gasteiger partial charge in [0.05, 0.1) is 17.1 Å². The van der Waals surface area contributed by atoms with Gasteiger partial charge in [0.1, 0.15) is 22.3 Å². The van der Waals surface area contributed by atoms with Crippen LogP contribution in [0.1, 0.15) is 34.7 Å². The molecule has 5 nitrogen and oxygen atoms in total. The predicted octanol–water partition coefficient (Wildman–Crippen LogP) is 3.96. The number of thioether (sulfide) groups is 1. The van der Waals surface area contributed by atoms with E-state index >= 15 is 0 Å². The van der Waals surface area contributed by atoms with Crippen molar-refractivity contribution >= 4 is 56.7 Å². The third kappa shape index (κ3) is 4.65. The Morgan fingerprint density at radius 1 is 1.31 bits per heavy atom. The van der Waals surface area contributed by atoms with Crippen LogP contribution in [-0.4, -0.2) is 21.7 Å². The standard InChI is InChI=1S/C20H19ClFN3O2S2/c21-14-7-12(22)6-5-11(14)8-23-19-18-13-3-1-2-4-15(13)29-20(18)25-16(24-19)9-28-10-17(26)27/h5-7H,1-4,8-10H2,(H,26,27)(H,23,24,25)/p-1. The van der Waals surface area contributed by atoms with Crippen molar-refractivity contribution in [2.45, 2.75) is 38.0 Å². The normalized spacial score (nSPS) is 13.4. The van der Waals surface area contributed by atoms with Crippen molar-refractivity contribution in [1.82, 2.24) is 9.97 Å². The van der Waals surface area contributed by atoms with E-state index in [9.17, 15) is 14.3 Å². The summed E-state index contributed by atoms with van der Waals surface area (Å²) >= 11 is 9.06. The molecule has 4 rings (SSSR count). The number of aromatic nitrogens is 2. The van der Waals surface area contributed by atoms with Gasteiger partial charge in [-0.2, -0.15) is 0 Å². The van der Waals surface area contributed by atoms with E-state index in [1.807, 2.05) is 0 Å². The first-order valence-electron chi connectivity index (χ1n) is 9.28. The Hall–Kier alpha value is -1.90. The second kappa shape index (κ2) is 8.85. The van der Waals surface area contributed by atoms with E-state index in [1.54, 1.807) is 17.4 Å². The molecule has 1 N–H and O–H groups in total. The van der Waals surface area contributed by atoms with E-state index < -0.39 is 5.97 Å². The van der Waals surface area contributed by atoms with Gasteiger partial charge < -0.3 is 15.2 Å². The first-order chi connectivity index (χ1) is 14.0. The molecule has 152 valence electrons. The van der Waals surface area contributed by atoms with Crippen molar-refractivity contribution in [2.75, 3.05) is 11.1 Å². The maximum atomic E-state index is 13.3. The number of nitrogens with zero attached hydrogens (tertiary/aromatic N) is 2. The van der Waals surface area contributed by atoms with Crippen LogP contribution in [0.2, 0.25) is 5.02 Å². The summed E-state index contributed by atoms with van der Waals surface area (Å²) in [5.41, 5.74) is 2.08. The molecular weight excluding hydrogens is 433 g/mol. The van der Waals surface area contributed by atoms with Crippen LogP contribution in [0, 0.1) is 5.82 Å². The number of hydrogen-bond acceptors (Lipinski definition) is 7. The van der Waals surface area contributed by atoms with Crippen LogP contribution in [0.25, 0.3) is 10.2 Å². The molecule has 1 aliphatic rings. The first-order valence-corrected chi connectivity index (χ1v) is 11.6. The zero-order valence-electron chi connectivity index (χ0n) is 15.5. The highest BCUT2D eigenvalue weighted by atomic mass is 35.5. The number of aliphatic carboxylic acids is 1. The molecule has 0 aliphatic heterocycles. The minimum Gasteiger partial charge on any atom is -0.549 e. The van der Waals surface area contributed by atoms with E-state index in [4.69, 9.17) is 11.6 Å². The third-order valence-electron chi connectivity index (χ3n) is 4.77. The van der Waals surface area contributed by atoms with Gasteiger partial charge in [0.2, 0.25) is 0 Å². The van der Waals surface area contributed by atoms with Gasteiger partial charge in [-0.15, -0.1) is 23.1 Å². The highest BCUT2D eigenvalue weighted by molar-refractivity contribution is 7.99. The third-order valence-corrected chi connectivity index (χ3v) is 7.21. The van der Waals surface area contributed by atoms with E-state index in [1.165, 1.54) is 40.8 Å². The van der Waals surface area contributed by atoms with Crippen molar-refractivity contribution < 1.29 is 14.3 Å². The average molecular weight is 451 g/mol. The molecular formula is C20H18ClFN3O2S2-. The maximum Gasteiger partial charge on any atom is 0.142 e. The molecule has 0 fully saturated rings. The summed E-state index contributed by atoms with van der Waals surface area (Å²) in [4.78, 5) is 22.3. The van der Waals surface area contributed by atoms with Crippen LogP contribution in [0.3, 0.4) is 0 Å². The molecule has 2 heterocycles. The van der Waals surface area contributed by atoms with E-state index in [-0.39, 0.29) is 11.6 Å². The number of hydrogen-bond donors (Lipinski definition) is 1. The van der Waals surface area contributed by atoms with Crippen LogP contribution in [-0.2, 0) is 29.9 Å². The fraction of sp³-hybridized carbons (Fsp3) is 0.350. The second-order valence-electron chi connectivity index (χ2n) is 6.83. The largest absolute Gasteiger partial charge is 0.549 e. The Morgan fingerprint density at radius 2 is 2.14 bits per heavy atom. The van der Waals surface area contributed by atoms with Crippen molar-refractivity contribution in [1.29, 1.82) is 0 Å². The number of aryl methyl sites for hydroxylation is 2. The molecule has 0 unspecified atom stereocenters. The molecule has 0 radical (unpaired) electrons. The Balaban J connectivity index is 1.66. The topological polar surface area (TPSA) is 77.9 Å². The monoisotopic (exact) mass is 450 g/mol. The van der Waals surface area contributed by atoms with Crippen LogP contribution in [0.15, 0.2) is 18.2 Å². The van der Waals surface area contributed by atoms with Gasteiger partial charge in [0, 0.05) is 22.2 Å². The molecule has 1 aliphatic carbocycles. The van der Waals surface area contributed by atoms with Crippen LogP contribution < -0.4 is 10.4 Å². The number of carboxylic acid groups (broad SMARTS) is 1. The zero-order chi connectivity index (χ0) is 20.4. The molecule has 0 amide bonds. The lowest BCUT2D eigenvalue weighted by Gasteiger charge is -2.14. The lowest BCUT2D eigenvalue weighted by molar-refractivity contribution is -0.301. The smallest absolute Gasteiger partial charge is 0.142 e. The van der Waals surface area contributed by atoms with Gasteiger partial charge in [-0.1, -0.05) is 17.7 Å². The molecule has 0 spiro atoms. The molecule has 0 atom stereocenters. The van der Waals surface area contributed by atoms with E-state index in [2.05, 4.69) is 15.3 Å². The lowest BCUT2D eigenvalue weighted by Crippen LogP contribution is -2.24. The summed E-state index contributed by atoms with van der Waals surface area (Å²) in [6.45, 7) is 0.404. The number of benzene rings is 1. The van der Waals surface area contributed by atoms with Gasteiger partial charge in [0.25, 0.3) is 0 Å². The van der Waals surface area contributed by atoms with Crippen molar-refractivity contribution in [3.05, 3.63) is 50.9 Å². The molecule has 0 bridgehead atoms. The summed E-state index contributed by atoms with van der Waals surface area (Å²) in [7, 11) is 0. The van der Waals surface area contributed by atoms with E-state index in [0.717, 1.165) is 40.9 Å². The number of carboxylic acids is 1. The first kappa shape index (κ1) is 20.4. The summed E-state index contributed by atoms with van der Waals surface area (Å²) in [5, 5.41) is 15.4. The summed E-state index contributed by atoms with van der Waals surface area (Å²) in [5.74, 6) is 0.109. The Morgan fingerprint density at radius 3 is 2.93 bits per heavy atom. The predicted molar refractivity (Wildman–Crippen MR) is 114 cm³/mol. The number of fused-ring (bicyclic) bond motifs is 3. The summed E-state index contributed by atoms with van der Waals surface area (Å²) < 4.78 is 13.3. The maximum absolute atomic E-state index is 13.3. The quantitative estimate of drug-likeness (QED) is 0.587. The van der Waals surface area contributed by atoms with Gasteiger partial charge >= 0.3 is 0 Å². The summed E-state index contributed by atoms with van der Waals surface area (Å²) in [6, 6.07) is 4.33. The molecule has 3 aromatic rings. The number of carbonyl (C=O) groups excluding carboxylic acids is 1. The molecule has 0 saturated heterocycles. The molecule has 2 aromatic heterocycles. The van der Waals surface area contributed by atoms with Crippen LogP contribution in [0.4, 0.5) is 10.2 Å². The molecule has 1 aromatic carbocycles. The SMILES string of the molecule is O=C([O-])CSCc1nc(NCc2ccc(F)cc2Cl)c2c3c(sc2n1)CCCC3. The highest BCUT2D eigenvalue weighted by Gasteiger charge is 2.21. The average Bonchev–Trinajstić information content (AvgIpc) is 3.05. The van der Waals surface area contributed by atoms with Crippen LogP contribution in [0.5, 0.6) is 0 Å².